The van der Waals surface area contributed by atoms with Crippen LogP contribution in [-0.2, 0) is 17.1 Å². The maximum atomic E-state index is 12.5. The summed E-state index contributed by atoms with van der Waals surface area (Å²) in [5, 5.41) is 21.0. The van der Waals surface area contributed by atoms with E-state index in [2.05, 4.69) is 31.8 Å². The Hall–Kier alpha value is -2.05. The van der Waals surface area contributed by atoms with Crippen molar-refractivity contribution in [3.8, 4) is 11.4 Å². The van der Waals surface area contributed by atoms with Crippen LogP contribution in [0.2, 0.25) is 5.02 Å². The molecule has 4 aromatic rings. The quantitative estimate of drug-likeness (QED) is 0.217. The molecule has 0 saturated heterocycles. The number of rotatable bonds is 7. The number of nitrogens with one attached hydrogen (secondary N) is 2. The second-order valence-corrected chi connectivity index (χ2v) is 9.79. The number of amides is 1. The number of halogens is 1. The summed E-state index contributed by atoms with van der Waals surface area (Å²) in [5.74, 6) is 1.13. The molecule has 0 bridgehead atoms. The van der Waals surface area contributed by atoms with Crippen molar-refractivity contribution >= 4 is 69.3 Å². The number of hydrogen-bond acceptors (Lipinski definition) is 8. The zero-order valence-electron chi connectivity index (χ0n) is 14.7. The van der Waals surface area contributed by atoms with Gasteiger partial charge < -0.3 is 0 Å². The average molecular weight is 481 g/mol. The van der Waals surface area contributed by atoms with Crippen LogP contribution in [0, 0.1) is 4.77 Å². The van der Waals surface area contributed by atoms with Crippen LogP contribution in [0.4, 0.5) is 5.13 Å². The van der Waals surface area contributed by atoms with Gasteiger partial charge in [-0.25, -0.2) is 0 Å². The van der Waals surface area contributed by atoms with E-state index < -0.39 is 0 Å². The summed E-state index contributed by atoms with van der Waals surface area (Å²) in [6, 6.07) is 11.3. The molecule has 0 radical (unpaired) electrons. The number of aromatic nitrogens is 5. The summed E-state index contributed by atoms with van der Waals surface area (Å²) >= 11 is 15.8. The highest BCUT2D eigenvalue weighted by atomic mass is 35.5. The summed E-state index contributed by atoms with van der Waals surface area (Å²) < 4.78 is 2.78. The lowest BCUT2D eigenvalue weighted by atomic mass is 10.2. The van der Waals surface area contributed by atoms with Gasteiger partial charge in [0.25, 0.3) is 0 Å². The van der Waals surface area contributed by atoms with Gasteiger partial charge in [0.2, 0.25) is 11.0 Å². The van der Waals surface area contributed by atoms with Crippen molar-refractivity contribution in [1.29, 1.82) is 0 Å². The Kier molecular flexibility index (Phi) is 6.40. The van der Waals surface area contributed by atoms with Gasteiger partial charge in [-0.05, 0) is 47.9 Å². The molecule has 12 heteroatoms. The number of hydrogen-bond donors (Lipinski definition) is 2. The largest absolute Gasteiger partial charge is 0.299 e. The number of carbonyl (C=O) groups is 1. The topological polar surface area (TPSA) is 88.5 Å². The lowest BCUT2D eigenvalue weighted by Crippen LogP contribution is -2.19. The van der Waals surface area contributed by atoms with E-state index in [0.717, 1.165) is 15.7 Å². The van der Waals surface area contributed by atoms with E-state index in [0.29, 0.717) is 20.7 Å². The Labute approximate surface area is 188 Å². The molecule has 0 spiro atoms. The minimum absolute atomic E-state index is 0.00451. The lowest BCUT2D eigenvalue weighted by Gasteiger charge is -2.06. The molecule has 0 aliphatic rings. The maximum Gasteiger partial charge on any atom is 0.246 e. The standard InChI is InChI=1S/C17H13ClN6OS4/c18-11-5-3-10(4-6-11)14-20-22-16(26)24(14)8-13(25)19-15-21-23-17(29-15)28-9-12-2-1-7-27-12/h1-7H,8-9H2,(H,22,26)(H,19,21,25). The van der Waals surface area contributed by atoms with Crippen LogP contribution < -0.4 is 5.32 Å². The molecule has 0 aliphatic carbocycles. The molecule has 7 nitrogen and oxygen atoms in total. The van der Waals surface area contributed by atoms with E-state index in [9.17, 15) is 4.79 Å². The van der Waals surface area contributed by atoms with Gasteiger partial charge in [0.05, 0.1) is 0 Å². The molecule has 0 fully saturated rings. The highest BCUT2D eigenvalue weighted by molar-refractivity contribution is 8.00. The van der Waals surface area contributed by atoms with E-state index in [1.54, 1.807) is 39.8 Å². The Bertz CT molecular complexity index is 1170. The highest BCUT2D eigenvalue weighted by Crippen LogP contribution is 2.29. The molecule has 0 atom stereocenters. The molecule has 0 aliphatic heterocycles. The molecule has 4 rings (SSSR count). The van der Waals surface area contributed by atoms with Crippen LogP contribution in [0.1, 0.15) is 4.88 Å². The summed E-state index contributed by atoms with van der Waals surface area (Å²) in [4.78, 5) is 13.8. The van der Waals surface area contributed by atoms with Gasteiger partial charge in [0.15, 0.2) is 14.9 Å². The Balaban J connectivity index is 1.41. The summed E-state index contributed by atoms with van der Waals surface area (Å²) in [6.07, 6.45) is 0. The van der Waals surface area contributed by atoms with Crippen molar-refractivity contribution in [2.45, 2.75) is 16.6 Å². The second-order valence-electron chi connectivity index (χ2n) is 5.73. The molecule has 2 N–H and O–H groups in total. The molecular formula is C17H13ClN6OS4. The molecule has 1 aromatic carbocycles. The fraction of sp³-hybridized carbons (Fsp3) is 0.118. The number of benzene rings is 1. The van der Waals surface area contributed by atoms with Crippen LogP contribution in [0.15, 0.2) is 46.1 Å². The molecule has 148 valence electrons. The number of nitrogens with zero attached hydrogens (tertiary/aromatic N) is 4. The Morgan fingerprint density at radius 3 is 2.86 bits per heavy atom. The first-order valence-corrected chi connectivity index (χ1v) is 11.7. The van der Waals surface area contributed by atoms with E-state index in [1.807, 2.05) is 23.6 Å². The van der Waals surface area contributed by atoms with Crippen molar-refractivity contribution in [2.24, 2.45) is 0 Å². The monoisotopic (exact) mass is 480 g/mol. The van der Waals surface area contributed by atoms with Gasteiger partial charge in [0.1, 0.15) is 6.54 Å². The first-order chi connectivity index (χ1) is 14.1. The summed E-state index contributed by atoms with van der Waals surface area (Å²) in [7, 11) is 0. The molecule has 3 aromatic heterocycles. The summed E-state index contributed by atoms with van der Waals surface area (Å²) in [6.45, 7) is 0.00451. The lowest BCUT2D eigenvalue weighted by molar-refractivity contribution is -0.116. The summed E-state index contributed by atoms with van der Waals surface area (Å²) in [5.41, 5.74) is 0.803. The molecule has 1 amide bonds. The van der Waals surface area contributed by atoms with Gasteiger partial charge in [0, 0.05) is 21.2 Å². The SMILES string of the molecule is O=C(Cn1c(-c2ccc(Cl)cc2)n[nH]c1=S)Nc1nnc(SCc2cccs2)s1. The van der Waals surface area contributed by atoms with Crippen molar-refractivity contribution in [3.05, 3.63) is 56.4 Å². The second kappa shape index (κ2) is 9.18. The highest BCUT2D eigenvalue weighted by Gasteiger charge is 2.14. The van der Waals surface area contributed by atoms with Gasteiger partial charge in [-0.3, -0.25) is 19.8 Å². The predicted molar refractivity (Wildman–Crippen MR) is 120 cm³/mol. The third-order valence-corrected chi connectivity index (χ3v) is 7.38. The number of aromatic amines is 1. The number of thiophene rings is 1. The van der Waals surface area contributed by atoms with E-state index in [-0.39, 0.29) is 12.5 Å². The maximum absolute atomic E-state index is 12.5. The van der Waals surface area contributed by atoms with Crippen LogP contribution in [0.3, 0.4) is 0 Å². The first kappa shape index (κ1) is 20.2. The smallest absolute Gasteiger partial charge is 0.246 e. The van der Waals surface area contributed by atoms with Crippen molar-refractivity contribution in [3.63, 3.8) is 0 Å². The van der Waals surface area contributed by atoms with Crippen LogP contribution >= 0.6 is 58.3 Å². The fourth-order valence-corrected chi connectivity index (χ4v) is 5.30. The number of thioether (sulfide) groups is 1. The predicted octanol–water partition coefficient (Wildman–Crippen LogP) is 5.11. The minimum atomic E-state index is -0.260. The van der Waals surface area contributed by atoms with Crippen LogP contribution in [0.5, 0.6) is 0 Å². The van der Waals surface area contributed by atoms with Gasteiger partial charge in [-0.1, -0.05) is 40.8 Å². The van der Waals surface area contributed by atoms with Crippen LogP contribution in [0.25, 0.3) is 11.4 Å². The zero-order chi connectivity index (χ0) is 20.2. The van der Waals surface area contributed by atoms with E-state index in [1.165, 1.54) is 16.2 Å². The van der Waals surface area contributed by atoms with Crippen molar-refractivity contribution in [1.82, 2.24) is 25.0 Å². The zero-order valence-corrected chi connectivity index (χ0v) is 18.7. The number of H-pyrrole nitrogens is 1. The third kappa shape index (κ3) is 5.11. The third-order valence-electron chi connectivity index (χ3n) is 3.73. The number of anilines is 1. The average Bonchev–Trinajstić information content (AvgIpc) is 3.44. The van der Waals surface area contributed by atoms with Gasteiger partial charge in [-0.2, -0.15) is 5.10 Å². The fourth-order valence-electron chi connectivity index (χ4n) is 2.43. The van der Waals surface area contributed by atoms with Crippen LogP contribution in [-0.4, -0.2) is 30.9 Å². The normalized spacial score (nSPS) is 10.9. The first-order valence-electron chi connectivity index (χ1n) is 8.28. The molecule has 29 heavy (non-hydrogen) atoms. The van der Waals surface area contributed by atoms with Gasteiger partial charge >= 0.3 is 0 Å². The molecule has 0 saturated carbocycles. The Morgan fingerprint density at radius 2 is 2.10 bits per heavy atom. The van der Waals surface area contributed by atoms with E-state index in [4.69, 9.17) is 23.8 Å². The molecule has 0 unspecified atom stereocenters. The van der Waals surface area contributed by atoms with E-state index >= 15 is 0 Å². The van der Waals surface area contributed by atoms with Crippen molar-refractivity contribution < 1.29 is 4.79 Å². The molecular weight excluding hydrogens is 468 g/mol. The Morgan fingerprint density at radius 1 is 1.28 bits per heavy atom. The van der Waals surface area contributed by atoms with Crippen molar-refractivity contribution in [2.75, 3.05) is 5.32 Å². The van der Waals surface area contributed by atoms with Gasteiger partial charge in [-0.15, -0.1) is 21.5 Å². The minimum Gasteiger partial charge on any atom is -0.299 e. The number of carbonyl (C=O) groups excluding carboxylic acids is 1. The molecule has 3 heterocycles.